The lowest BCUT2D eigenvalue weighted by molar-refractivity contribution is 0.0950. The molecule has 33 heavy (non-hydrogen) atoms. The first-order valence-electron chi connectivity index (χ1n) is 10.7. The van der Waals surface area contributed by atoms with Gasteiger partial charge in [-0.15, -0.1) is 0 Å². The van der Waals surface area contributed by atoms with Gasteiger partial charge in [0.15, 0.2) is 0 Å². The Balaban J connectivity index is 1.50. The molecule has 168 valence electrons. The van der Waals surface area contributed by atoms with E-state index in [9.17, 15) is 4.79 Å². The van der Waals surface area contributed by atoms with E-state index in [-0.39, 0.29) is 5.91 Å². The molecule has 0 aliphatic rings. The summed E-state index contributed by atoms with van der Waals surface area (Å²) in [5, 5.41) is 16.0. The van der Waals surface area contributed by atoms with Crippen LogP contribution in [0.3, 0.4) is 0 Å². The van der Waals surface area contributed by atoms with Crippen molar-refractivity contribution in [2.45, 2.75) is 27.7 Å². The van der Waals surface area contributed by atoms with Gasteiger partial charge >= 0.3 is 0 Å². The molecule has 0 aliphatic heterocycles. The molecule has 2 N–H and O–H groups in total. The number of carbonyl (C=O) groups is 1. The molecule has 0 saturated heterocycles. The van der Waals surface area contributed by atoms with Crippen molar-refractivity contribution in [1.29, 1.82) is 0 Å². The van der Waals surface area contributed by atoms with Crippen molar-refractivity contribution in [3.8, 4) is 22.7 Å². The number of ether oxygens (including phenoxy) is 1. The number of carbonyl (C=O) groups excluding carboxylic acids is 1. The number of aromatic amines is 1. The molecule has 2 heterocycles. The van der Waals surface area contributed by atoms with E-state index in [0.717, 1.165) is 34.0 Å². The van der Waals surface area contributed by atoms with Crippen molar-refractivity contribution < 1.29 is 9.53 Å². The van der Waals surface area contributed by atoms with Crippen molar-refractivity contribution in [2.75, 3.05) is 6.61 Å². The van der Waals surface area contributed by atoms with Crippen molar-refractivity contribution >= 4 is 11.6 Å². The summed E-state index contributed by atoms with van der Waals surface area (Å²) in [5.74, 6) is 0.425. The molecule has 2 aromatic heterocycles. The van der Waals surface area contributed by atoms with Crippen molar-refractivity contribution in [3.63, 3.8) is 0 Å². The van der Waals surface area contributed by atoms with Gasteiger partial charge in [0, 0.05) is 5.56 Å². The molecular weight excluding hydrogens is 416 g/mol. The number of aromatic nitrogens is 4. The van der Waals surface area contributed by atoms with Crippen LogP contribution in [0.25, 0.3) is 16.9 Å². The van der Waals surface area contributed by atoms with Crippen molar-refractivity contribution in [2.24, 2.45) is 5.10 Å². The molecule has 0 bridgehead atoms. The Morgan fingerprint density at radius 1 is 1.12 bits per heavy atom. The zero-order chi connectivity index (χ0) is 23.4. The van der Waals surface area contributed by atoms with Gasteiger partial charge < -0.3 is 4.74 Å². The maximum absolute atomic E-state index is 12.6. The van der Waals surface area contributed by atoms with E-state index in [0.29, 0.717) is 23.7 Å². The number of H-pyrrole nitrogens is 1. The number of para-hydroxylation sites is 1. The lowest BCUT2D eigenvalue weighted by atomic mass is 10.1. The first kappa shape index (κ1) is 22.0. The van der Waals surface area contributed by atoms with Crippen LogP contribution in [0, 0.1) is 13.8 Å². The quantitative estimate of drug-likeness (QED) is 0.327. The van der Waals surface area contributed by atoms with Crippen LogP contribution in [-0.2, 0) is 0 Å². The fraction of sp³-hybridized carbons (Fsp3) is 0.200. The van der Waals surface area contributed by atoms with Gasteiger partial charge in [0.1, 0.15) is 11.4 Å². The zero-order valence-corrected chi connectivity index (χ0v) is 19.1. The van der Waals surface area contributed by atoms with E-state index < -0.39 is 0 Å². The van der Waals surface area contributed by atoms with Gasteiger partial charge in [-0.1, -0.05) is 18.2 Å². The second-order valence-corrected chi connectivity index (χ2v) is 7.56. The van der Waals surface area contributed by atoms with Crippen LogP contribution in [0.15, 0.2) is 65.8 Å². The molecule has 4 rings (SSSR count). The van der Waals surface area contributed by atoms with Crippen LogP contribution in [0.4, 0.5) is 0 Å². The van der Waals surface area contributed by atoms with Gasteiger partial charge in [-0.05, 0) is 75.7 Å². The number of aryl methyl sites for hydroxylation is 1. The van der Waals surface area contributed by atoms with E-state index in [1.807, 2.05) is 87.0 Å². The summed E-state index contributed by atoms with van der Waals surface area (Å²) < 4.78 is 7.33. The lowest BCUT2D eigenvalue weighted by Crippen LogP contribution is -2.19. The van der Waals surface area contributed by atoms with Gasteiger partial charge in [-0.25, -0.2) is 10.1 Å². The topological polar surface area (TPSA) is 97.2 Å². The van der Waals surface area contributed by atoms with Gasteiger partial charge in [0.25, 0.3) is 5.91 Å². The highest BCUT2D eigenvalue weighted by molar-refractivity contribution is 6.00. The van der Waals surface area contributed by atoms with Crippen molar-refractivity contribution in [1.82, 2.24) is 25.4 Å². The monoisotopic (exact) mass is 442 g/mol. The minimum absolute atomic E-state index is 0.319. The molecule has 8 nitrogen and oxygen atoms in total. The van der Waals surface area contributed by atoms with Crippen LogP contribution in [-0.4, -0.2) is 38.2 Å². The number of amides is 1. The summed E-state index contributed by atoms with van der Waals surface area (Å²) in [5.41, 5.74) is 8.78. The predicted octanol–water partition coefficient (Wildman–Crippen LogP) is 4.43. The molecule has 8 heteroatoms. The number of benzene rings is 2. The number of hydrogen-bond donors (Lipinski definition) is 2. The number of rotatable bonds is 7. The average Bonchev–Trinajstić information content (AvgIpc) is 3.42. The van der Waals surface area contributed by atoms with E-state index >= 15 is 0 Å². The van der Waals surface area contributed by atoms with Crippen molar-refractivity contribution in [3.05, 3.63) is 83.3 Å². The highest BCUT2D eigenvalue weighted by Crippen LogP contribution is 2.27. The molecule has 0 atom stereocenters. The van der Waals surface area contributed by atoms with Crippen LogP contribution >= 0.6 is 0 Å². The minimum atomic E-state index is -0.371. The van der Waals surface area contributed by atoms with Gasteiger partial charge in [0.05, 0.1) is 35.1 Å². The molecular formula is C25H26N6O2. The Hall–Kier alpha value is -4.20. The summed E-state index contributed by atoms with van der Waals surface area (Å²) in [6.07, 6.45) is 0. The van der Waals surface area contributed by atoms with Crippen LogP contribution in [0.1, 0.15) is 41.3 Å². The summed E-state index contributed by atoms with van der Waals surface area (Å²) in [6, 6.07) is 19.2. The SMILES string of the molecule is CCOc1ccc(/C(C)=N/NC(=O)c2cc(-c3c(C)nn(-c4ccccc4)c3C)n[nH]2)cc1. The number of hydrogen-bond acceptors (Lipinski definition) is 5. The van der Waals surface area contributed by atoms with E-state index in [4.69, 9.17) is 4.74 Å². The lowest BCUT2D eigenvalue weighted by Gasteiger charge is -2.05. The van der Waals surface area contributed by atoms with E-state index in [2.05, 4.69) is 25.8 Å². The molecule has 0 fully saturated rings. The standard InChI is InChI=1S/C25H26N6O2/c1-5-33-21-13-11-19(12-14-21)16(2)26-29-25(32)23-15-22(27-28-23)24-17(3)30-31(18(24)4)20-9-7-6-8-10-20/h6-15H,5H2,1-4H3,(H,27,28)(H,29,32)/b26-16+. The summed E-state index contributed by atoms with van der Waals surface area (Å²) in [6.45, 7) is 8.30. The third kappa shape index (κ3) is 4.69. The molecule has 0 unspecified atom stereocenters. The van der Waals surface area contributed by atoms with Crippen LogP contribution < -0.4 is 10.2 Å². The van der Waals surface area contributed by atoms with Gasteiger partial charge in [0.2, 0.25) is 0 Å². The highest BCUT2D eigenvalue weighted by atomic mass is 16.5. The zero-order valence-electron chi connectivity index (χ0n) is 19.1. The second-order valence-electron chi connectivity index (χ2n) is 7.56. The molecule has 0 aliphatic carbocycles. The molecule has 2 aromatic carbocycles. The smallest absolute Gasteiger partial charge is 0.289 e. The average molecular weight is 443 g/mol. The molecule has 1 amide bonds. The molecule has 4 aromatic rings. The normalized spacial score (nSPS) is 11.5. The minimum Gasteiger partial charge on any atom is -0.494 e. The summed E-state index contributed by atoms with van der Waals surface area (Å²) in [7, 11) is 0. The maximum atomic E-state index is 12.6. The Kier molecular flexibility index (Phi) is 6.35. The second kappa shape index (κ2) is 9.52. The van der Waals surface area contributed by atoms with E-state index in [1.165, 1.54) is 0 Å². The molecule has 0 spiro atoms. The van der Waals surface area contributed by atoms with Crippen LogP contribution in [0.2, 0.25) is 0 Å². The number of hydrazone groups is 1. The summed E-state index contributed by atoms with van der Waals surface area (Å²) in [4.78, 5) is 12.6. The van der Waals surface area contributed by atoms with Gasteiger partial charge in [-0.2, -0.15) is 15.3 Å². The number of nitrogens with zero attached hydrogens (tertiary/aromatic N) is 4. The van der Waals surface area contributed by atoms with E-state index in [1.54, 1.807) is 6.07 Å². The third-order valence-electron chi connectivity index (χ3n) is 5.28. The Morgan fingerprint density at radius 3 is 2.55 bits per heavy atom. The fourth-order valence-electron chi connectivity index (χ4n) is 3.62. The molecule has 0 saturated carbocycles. The third-order valence-corrected chi connectivity index (χ3v) is 5.28. The maximum Gasteiger partial charge on any atom is 0.289 e. The molecule has 0 radical (unpaired) electrons. The largest absolute Gasteiger partial charge is 0.494 e. The fourth-order valence-corrected chi connectivity index (χ4v) is 3.62. The Bertz CT molecular complexity index is 1290. The predicted molar refractivity (Wildman–Crippen MR) is 128 cm³/mol. The number of nitrogens with one attached hydrogen (secondary N) is 2. The Labute approximate surface area is 192 Å². The first-order valence-corrected chi connectivity index (χ1v) is 10.7. The van der Waals surface area contributed by atoms with Gasteiger partial charge in [-0.3, -0.25) is 9.89 Å². The highest BCUT2D eigenvalue weighted by Gasteiger charge is 2.19. The van der Waals surface area contributed by atoms with Crippen LogP contribution in [0.5, 0.6) is 5.75 Å². The summed E-state index contributed by atoms with van der Waals surface area (Å²) >= 11 is 0. The Morgan fingerprint density at radius 2 is 1.85 bits per heavy atom. The first-order chi connectivity index (χ1) is 16.0.